The van der Waals surface area contributed by atoms with Gasteiger partial charge >= 0.3 is 0 Å². The van der Waals surface area contributed by atoms with Gasteiger partial charge in [-0.3, -0.25) is 5.01 Å². The molecule has 0 aliphatic heterocycles. The third-order valence-electron chi connectivity index (χ3n) is 3.77. The van der Waals surface area contributed by atoms with Gasteiger partial charge in [-0.05, 0) is 54.4 Å². The molecule has 25 heavy (non-hydrogen) atoms. The van der Waals surface area contributed by atoms with Crippen molar-refractivity contribution in [1.29, 1.82) is 0 Å². The molecule has 0 saturated carbocycles. The highest BCUT2D eigenvalue weighted by atomic mass is 16.5. The number of nitrogens with zero attached hydrogens (tertiary/aromatic N) is 2. The zero-order valence-electron chi connectivity index (χ0n) is 14.4. The summed E-state index contributed by atoms with van der Waals surface area (Å²) in [5.41, 5.74) is 3.32. The van der Waals surface area contributed by atoms with Gasteiger partial charge in [0, 0.05) is 0 Å². The molecule has 3 aromatic carbocycles. The van der Waals surface area contributed by atoms with Crippen LogP contribution >= 0.6 is 0 Å². The Balaban J connectivity index is 1.79. The van der Waals surface area contributed by atoms with E-state index in [2.05, 4.69) is 36.4 Å². The van der Waals surface area contributed by atoms with Gasteiger partial charge in [-0.2, -0.15) is 5.10 Å². The van der Waals surface area contributed by atoms with Crippen molar-refractivity contribution in [2.45, 2.75) is 13.5 Å². The summed E-state index contributed by atoms with van der Waals surface area (Å²) >= 11 is 0. The first-order chi connectivity index (χ1) is 12.3. The quantitative estimate of drug-likeness (QED) is 0.443. The van der Waals surface area contributed by atoms with E-state index in [1.54, 1.807) is 0 Å². The summed E-state index contributed by atoms with van der Waals surface area (Å²) < 4.78 is 5.48. The van der Waals surface area contributed by atoms with Crippen LogP contribution in [0.4, 0.5) is 5.69 Å². The molecule has 0 amide bonds. The van der Waals surface area contributed by atoms with Crippen molar-refractivity contribution in [2.75, 3.05) is 11.6 Å². The summed E-state index contributed by atoms with van der Waals surface area (Å²) in [5.74, 6) is 0.879. The molecule has 3 rings (SSSR count). The summed E-state index contributed by atoms with van der Waals surface area (Å²) in [7, 11) is 0. The number of anilines is 1. The molecule has 0 unspecified atom stereocenters. The fourth-order valence-corrected chi connectivity index (χ4v) is 2.51. The highest BCUT2D eigenvalue weighted by molar-refractivity contribution is 5.80. The predicted octanol–water partition coefficient (Wildman–Crippen LogP) is 5.13. The summed E-state index contributed by atoms with van der Waals surface area (Å²) in [5, 5.41) is 6.71. The topological polar surface area (TPSA) is 24.8 Å². The fraction of sp³-hybridized carbons (Fsp3) is 0.136. The van der Waals surface area contributed by atoms with E-state index in [0.717, 1.165) is 23.5 Å². The maximum Gasteiger partial charge on any atom is 0.119 e. The Kier molecular flexibility index (Phi) is 5.83. The van der Waals surface area contributed by atoms with Gasteiger partial charge in [0.05, 0.1) is 25.1 Å². The maximum atomic E-state index is 5.48. The summed E-state index contributed by atoms with van der Waals surface area (Å²) in [6, 6.07) is 28.5. The first-order valence-corrected chi connectivity index (χ1v) is 8.48. The van der Waals surface area contributed by atoms with E-state index < -0.39 is 0 Å². The number of rotatable bonds is 7. The van der Waals surface area contributed by atoms with Crippen LogP contribution in [0, 0.1) is 0 Å². The van der Waals surface area contributed by atoms with E-state index in [0.29, 0.717) is 6.61 Å². The van der Waals surface area contributed by atoms with Crippen molar-refractivity contribution in [2.24, 2.45) is 5.10 Å². The standard InChI is InChI=1S/C22H22N2O/c1-2-25-22-15-13-19(14-16-22)17-23-24(21-11-7-4-8-12-21)18-20-9-5-3-6-10-20/h3-17H,2,18H2,1H3. The monoisotopic (exact) mass is 330 g/mol. The third kappa shape index (κ3) is 4.95. The van der Waals surface area contributed by atoms with E-state index in [1.165, 1.54) is 5.56 Å². The largest absolute Gasteiger partial charge is 0.494 e. The molecule has 0 heterocycles. The van der Waals surface area contributed by atoms with Gasteiger partial charge in [-0.15, -0.1) is 0 Å². The van der Waals surface area contributed by atoms with Crippen LogP contribution in [-0.4, -0.2) is 12.8 Å². The minimum absolute atomic E-state index is 0.673. The molecule has 0 aromatic heterocycles. The van der Waals surface area contributed by atoms with Crippen molar-refractivity contribution in [3.63, 3.8) is 0 Å². The van der Waals surface area contributed by atoms with Crippen molar-refractivity contribution in [3.05, 3.63) is 96.1 Å². The Labute approximate surface area is 149 Å². The van der Waals surface area contributed by atoms with Gasteiger partial charge in [-0.25, -0.2) is 0 Å². The molecule has 0 radical (unpaired) electrons. The summed E-state index contributed by atoms with van der Waals surface area (Å²) in [4.78, 5) is 0. The SMILES string of the molecule is CCOc1ccc(C=NN(Cc2ccccc2)c2ccccc2)cc1. The van der Waals surface area contributed by atoms with Gasteiger partial charge in [0.15, 0.2) is 0 Å². The molecule has 3 nitrogen and oxygen atoms in total. The van der Waals surface area contributed by atoms with Gasteiger partial charge in [0.25, 0.3) is 0 Å². The average Bonchev–Trinajstić information content (AvgIpc) is 2.68. The normalized spacial score (nSPS) is 10.8. The number of hydrazone groups is 1. The molecule has 0 fully saturated rings. The Hall–Kier alpha value is -3.07. The lowest BCUT2D eigenvalue weighted by Crippen LogP contribution is -2.15. The number of para-hydroxylation sites is 1. The number of hydrogen-bond acceptors (Lipinski definition) is 3. The molecule has 0 N–H and O–H groups in total. The predicted molar refractivity (Wildman–Crippen MR) is 104 cm³/mol. The lowest BCUT2D eigenvalue weighted by molar-refractivity contribution is 0.340. The first kappa shape index (κ1) is 16.8. The van der Waals surface area contributed by atoms with Gasteiger partial charge in [0.2, 0.25) is 0 Å². The molecule has 0 aliphatic carbocycles. The van der Waals surface area contributed by atoms with Gasteiger partial charge in [-0.1, -0.05) is 48.5 Å². The first-order valence-electron chi connectivity index (χ1n) is 8.48. The molecule has 0 spiro atoms. The molecular weight excluding hydrogens is 308 g/mol. The summed E-state index contributed by atoms with van der Waals surface area (Å²) in [6.45, 7) is 3.38. The molecular formula is C22H22N2O. The minimum Gasteiger partial charge on any atom is -0.494 e. The zero-order chi connectivity index (χ0) is 17.3. The zero-order valence-corrected chi connectivity index (χ0v) is 14.4. The summed E-state index contributed by atoms with van der Waals surface area (Å²) in [6.07, 6.45) is 1.88. The van der Waals surface area contributed by atoms with Crippen LogP contribution in [0.1, 0.15) is 18.1 Å². The van der Waals surface area contributed by atoms with E-state index in [9.17, 15) is 0 Å². The van der Waals surface area contributed by atoms with Crippen molar-refractivity contribution >= 4 is 11.9 Å². The highest BCUT2D eigenvalue weighted by Gasteiger charge is 2.05. The molecule has 0 saturated heterocycles. The average molecular weight is 330 g/mol. The van der Waals surface area contributed by atoms with Crippen LogP contribution in [0.5, 0.6) is 5.75 Å². The number of benzene rings is 3. The van der Waals surface area contributed by atoms with Crippen LogP contribution in [-0.2, 0) is 6.54 Å². The lowest BCUT2D eigenvalue weighted by Gasteiger charge is -2.19. The second-order valence-electron chi connectivity index (χ2n) is 5.63. The lowest BCUT2D eigenvalue weighted by atomic mass is 10.2. The Morgan fingerprint density at radius 2 is 1.48 bits per heavy atom. The molecule has 3 heteroatoms. The van der Waals surface area contributed by atoms with Crippen LogP contribution in [0.25, 0.3) is 0 Å². The highest BCUT2D eigenvalue weighted by Crippen LogP contribution is 2.18. The van der Waals surface area contributed by atoms with Gasteiger partial charge in [0.1, 0.15) is 5.75 Å². The van der Waals surface area contributed by atoms with Crippen LogP contribution < -0.4 is 9.75 Å². The smallest absolute Gasteiger partial charge is 0.119 e. The Bertz CT molecular complexity index is 783. The molecule has 126 valence electrons. The minimum atomic E-state index is 0.673. The third-order valence-corrected chi connectivity index (χ3v) is 3.77. The second-order valence-corrected chi connectivity index (χ2v) is 5.63. The van der Waals surface area contributed by atoms with Crippen molar-refractivity contribution in [1.82, 2.24) is 0 Å². The number of hydrogen-bond donors (Lipinski definition) is 0. The van der Waals surface area contributed by atoms with E-state index in [1.807, 2.05) is 66.7 Å². The van der Waals surface area contributed by atoms with Gasteiger partial charge < -0.3 is 4.74 Å². The maximum absolute atomic E-state index is 5.48. The molecule has 3 aromatic rings. The van der Waals surface area contributed by atoms with Crippen LogP contribution in [0.2, 0.25) is 0 Å². The molecule has 0 atom stereocenters. The van der Waals surface area contributed by atoms with Crippen molar-refractivity contribution in [3.8, 4) is 5.75 Å². The second kappa shape index (κ2) is 8.69. The van der Waals surface area contributed by atoms with Crippen LogP contribution in [0.3, 0.4) is 0 Å². The van der Waals surface area contributed by atoms with Crippen molar-refractivity contribution < 1.29 is 4.74 Å². The van der Waals surface area contributed by atoms with E-state index >= 15 is 0 Å². The van der Waals surface area contributed by atoms with E-state index in [4.69, 9.17) is 9.84 Å². The van der Waals surface area contributed by atoms with E-state index in [-0.39, 0.29) is 0 Å². The fourth-order valence-electron chi connectivity index (χ4n) is 2.51. The Morgan fingerprint density at radius 1 is 0.840 bits per heavy atom. The molecule has 0 bridgehead atoms. The number of ether oxygens (including phenoxy) is 1. The molecule has 0 aliphatic rings. The van der Waals surface area contributed by atoms with Crippen LogP contribution in [0.15, 0.2) is 90.0 Å². The Morgan fingerprint density at radius 3 is 2.12 bits per heavy atom.